The van der Waals surface area contributed by atoms with Gasteiger partial charge in [0.2, 0.25) is 5.91 Å². The van der Waals surface area contributed by atoms with E-state index in [0.29, 0.717) is 0 Å². The second-order valence-electron chi connectivity index (χ2n) is 6.78. The number of para-hydroxylation sites is 1. The normalized spacial score (nSPS) is 11.1. The highest BCUT2D eigenvalue weighted by molar-refractivity contribution is 6.02. The third-order valence-electron chi connectivity index (χ3n) is 4.25. The summed E-state index contributed by atoms with van der Waals surface area (Å²) >= 11 is 0. The number of amidine groups is 1. The van der Waals surface area contributed by atoms with Gasteiger partial charge in [-0.2, -0.15) is 0 Å². The molecular formula is C25H38N4O. The second-order valence-corrected chi connectivity index (χ2v) is 6.78. The number of hydrogen-bond donors (Lipinski definition) is 3. The van der Waals surface area contributed by atoms with Gasteiger partial charge in [0.25, 0.3) is 0 Å². The largest absolute Gasteiger partial charge is 0.398 e. The molecule has 0 saturated heterocycles. The van der Waals surface area contributed by atoms with E-state index >= 15 is 0 Å². The van der Waals surface area contributed by atoms with Crippen LogP contribution in [-0.2, 0) is 11.3 Å². The van der Waals surface area contributed by atoms with Gasteiger partial charge in [-0.15, -0.1) is 6.58 Å². The number of nitrogens with zero attached hydrogens (tertiary/aromatic N) is 1. The summed E-state index contributed by atoms with van der Waals surface area (Å²) in [4.78, 5) is 14.3. The number of nitrogens with two attached hydrogens (primary N) is 2. The van der Waals surface area contributed by atoms with E-state index in [4.69, 9.17) is 11.5 Å². The summed E-state index contributed by atoms with van der Waals surface area (Å²) in [6.07, 6.45) is 5.59. The lowest BCUT2D eigenvalue weighted by Gasteiger charge is -2.11. The lowest BCUT2D eigenvalue weighted by atomic mass is 10.1. The molecule has 0 aliphatic carbocycles. The van der Waals surface area contributed by atoms with Crippen LogP contribution in [0.5, 0.6) is 0 Å². The average molecular weight is 411 g/mol. The van der Waals surface area contributed by atoms with Gasteiger partial charge in [0.05, 0.1) is 5.92 Å². The lowest BCUT2D eigenvalue weighted by Crippen LogP contribution is -2.24. The van der Waals surface area contributed by atoms with Crippen molar-refractivity contribution in [1.82, 2.24) is 5.32 Å². The van der Waals surface area contributed by atoms with Crippen LogP contribution >= 0.6 is 0 Å². The van der Waals surface area contributed by atoms with Crippen LogP contribution in [0.25, 0.3) is 0 Å². The molecule has 0 saturated carbocycles. The molecule has 0 aliphatic rings. The van der Waals surface area contributed by atoms with Crippen LogP contribution in [0.1, 0.15) is 51.2 Å². The van der Waals surface area contributed by atoms with E-state index in [-0.39, 0.29) is 11.8 Å². The monoisotopic (exact) mass is 410 g/mol. The number of carbonyl (C=O) groups excluding carboxylic acids is 1. The van der Waals surface area contributed by atoms with Crippen molar-refractivity contribution >= 4 is 17.4 Å². The zero-order valence-corrected chi connectivity index (χ0v) is 18.9. The van der Waals surface area contributed by atoms with E-state index in [9.17, 15) is 4.79 Å². The molecular weight excluding hydrogens is 372 g/mol. The first-order chi connectivity index (χ1) is 14.4. The van der Waals surface area contributed by atoms with Crippen LogP contribution in [0.2, 0.25) is 0 Å². The Labute approximate surface area is 182 Å². The predicted molar refractivity (Wildman–Crippen MR) is 130 cm³/mol. The minimum Gasteiger partial charge on any atom is -0.398 e. The van der Waals surface area contributed by atoms with Gasteiger partial charge >= 0.3 is 0 Å². The highest BCUT2D eigenvalue weighted by atomic mass is 16.1. The van der Waals surface area contributed by atoms with E-state index in [1.165, 1.54) is 30.9 Å². The minimum absolute atomic E-state index is 0.194. The number of nitrogen functional groups attached to an aromatic ring is 1. The van der Waals surface area contributed by atoms with Crippen molar-refractivity contribution in [2.24, 2.45) is 16.6 Å². The zero-order chi connectivity index (χ0) is 22.8. The van der Waals surface area contributed by atoms with Crippen LogP contribution in [0.4, 0.5) is 5.69 Å². The first-order valence-electron chi connectivity index (χ1n) is 10.4. The van der Waals surface area contributed by atoms with Gasteiger partial charge in [0.15, 0.2) is 0 Å². The summed E-state index contributed by atoms with van der Waals surface area (Å²) in [5, 5.41) is 3.31. The third-order valence-corrected chi connectivity index (χ3v) is 4.25. The van der Waals surface area contributed by atoms with Gasteiger partial charge in [0, 0.05) is 24.8 Å². The van der Waals surface area contributed by atoms with Crippen molar-refractivity contribution in [3.63, 3.8) is 0 Å². The summed E-state index contributed by atoms with van der Waals surface area (Å²) in [7, 11) is 1.76. The van der Waals surface area contributed by atoms with Crippen LogP contribution in [0.3, 0.4) is 0 Å². The molecule has 1 unspecified atom stereocenters. The fourth-order valence-electron chi connectivity index (χ4n) is 2.26. The molecule has 0 aliphatic heterocycles. The zero-order valence-electron chi connectivity index (χ0n) is 18.9. The number of rotatable bonds is 7. The SMILES string of the molecule is C=CC(C)C(N)=O.CCCCC.CN=C(NCc1ccccc1)c1ccccc1N. The van der Waals surface area contributed by atoms with E-state index in [1.54, 1.807) is 14.0 Å². The van der Waals surface area contributed by atoms with Gasteiger partial charge < -0.3 is 16.8 Å². The Morgan fingerprint density at radius 1 is 1.10 bits per heavy atom. The Hall–Kier alpha value is -3.08. The Morgan fingerprint density at radius 3 is 2.07 bits per heavy atom. The molecule has 0 fully saturated rings. The molecule has 1 atom stereocenters. The van der Waals surface area contributed by atoms with Crippen molar-refractivity contribution in [2.75, 3.05) is 12.8 Å². The standard InChI is InChI=1S/C15H17N3.C5H9NO.C5H12/c1-17-15(13-9-5-6-10-14(13)16)18-11-12-7-3-2-4-8-12;1-3-4(2)5(6)7;1-3-5-4-2/h2-10H,11,16H2,1H3,(H,17,18);3-4H,1H2,2H3,(H2,6,7);3-5H2,1-2H3. The number of nitrogens with one attached hydrogen (secondary N) is 1. The van der Waals surface area contributed by atoms with Crippen LogP contribution in [-0.4, -0.2) is 18.8 Å². The molecule has 0 bridgehead atoms. The highest BCUT2D eigenvalue weighted by Crippen LogP contribution is 2.11. The highest BCUT2D eigenvalue weighted by Gasteiger charge is 2.05. The number of unbranched alkanes of at least 4 members (excludes halogenated alkanes) is 2. The van der Waals surface area contributed by atoms with Crippen molar-refractivity contribution in [2.45, 2.75) is 46.6 Å². The fraction of sp³-hybridized carbons (Fsp3) is 0.360. The maximum atomic E-state index is 10.1. The molecule has 5 N–H and O–H groups in total. The molecule has 2 aromatic rings. The Morgan fingerprint density at radius 2 is 1.67 bits per heavy atom. The molecule has 0 heterocycles. The van der Waals surface area contributed by atoms with E-state index < -0.39 is 0 Å². The Balaban J connectivity index is 0.000000581. The molecule has 1 amide bonds. The lowest BCUT2D eigenvalue weighted by molar-refractivity contribution is -0.119. The van der Waals surface area contributed by atoms with E-state index in [0.717, 1.165) is 23.6 Å². The smallest absolute Gasteiger partial charge is 0.224 e. The Bertz CT molecular complexity index is 755. The first kappa shape index (κ1) is 26.9. The number of primary amides is 1. The van der Waals surface area contributed by atoms with Gasteiger partial charge in [-0.3, -0.25) is 9.79 Å². The van der Waals surface area contributed by atoms with Crippen molar-refractivity contribution in [3.8, 4) is 0 Å². The molecule has 0 spiro atoms. The first-order valence-corrected chi connectivity index (χ1v) is 10.4. The summed E-state index contributed by atoms with van der Waals surface area (Å²) in [5.74, 6) is 0.298. The summed E-state index contributed by atoms with van der Waals surface area (Å²) in [6.45, 7) is 10.2. The van der Waals surface area contributed by atoms with Gasteiger partial charge in [-0.1, -0.05) is 88.6 Å². The molecule has 164 valence electrons. The molecule has 0 radical (unpaired) electrons. The number of hydrogen-bond acceptors (Lipinski definition) is 3. The van der Waals surface area contributed by atoms with Gasteiger partial charge in [0.1, 0.15) is 5.84 Å². The van der Waals surface area contributed by atoms with Gasteiger partial charge in [-0.25, -0.2) is 0 Å². The predicted octanol–water partition coefficient (Wildman–Crippen LogP) is 4.93. The number of amides is 1. The van der Waals surface area contributed by atoms with Gasteiger partial charge in [-0.05, 0) is 17.7 Å². The molecule has 2 rings (SSSR count). The third kappa shape index (κ3) is 11.7. The maximum absolute atomic E-state index is 10.1. The summed E-state index contributed by atoms with van der Waals surface area (Å²) in [6, 6.07) is 17.9. The van der Waals surface area contributed by atoms with Crippen molar-refractivity contribution < 1.29 is 4.79 Å². The van der Waals surface area contributed by atoms with Crippen molar-refractivity contribution in [1.29, 1.82) is 0 Å². The number of aliphatic imine (C=N–C) groups is 1. The van der Waals surface area contributed by atoms with Crippen LogP contribution in [0, 0.1) is 5.92 Å². The minimum atomic E-state index is -0.324. The topological polar surface area (TPSA) is 93.5 Å². The van der Waals surface area contributed by atoms with E-state index in [1.807, 2.05) is 42.5 Å². The number of anilines is 1. The fourth-order valence-corrected chi connectivity index (χ4v) is 2.26. The Kier molecular flexibility index (Phi) is 15.1. The molecule has 2 aromatic carbocycles. The molecule has 30 heavy (non-hydrogen) atoms. The quantitative estimate of drug-likeness (QED) is 0.262. The molecule has 0 aromatic heterocycles. The second kappa shape index (κ2) is 16.8. The number of benzene rings is 2. The molecule has 5 heteroatoms. The summed E-state index contributed by atoms with van der Waals surface area (Å²) in [5.41, 5.74) is 13.7. The summed E-state index contributed by atoms with van der Waals surface area (Å²) < 4.78 is 0. The van der Waals surface area contributed by atoms with Crippen molar-refractivity contribution in [3.05, 3.63) is 78.4 Å². The average Bonchev–Trinajstić information content (AvgIpc) is 2.77. The molecule has 5 nitrogen and oxygen atoms in total. The number of carbonyl (C=O) groups is 1. The van der Waals surface area contributed by atoms with E-state index in [2.05, 4.69) is 42.9 Å². The van der Waals surface area contributed by atoms with Crippen LogP contribution < -0.4 is 16.8 Å². The van der Waals surface area contributed by atoms with Crippen LogP contribution in [0.15, 0.2) is 72.2 Å². The maximum Gasteiger partial charge on any atom is 0.224 e.